The molecule has 2 unspecified atom stereocenters. The molecule has 1 amide bonds. The molecule has 2 fully saturated rings. The van der Waals surface area contributed by atoms with Crippen LogP contribution in [0, 0.1) is 0 Å². The highest BCUT2D eigenvalue weighted by molar-refractivity contribution is 5.85. The van der Waals surface area contributed by atoms with Crippen LogP contribution in [0.15, 0.2) is 18.5 Å². The van der Waals surface area contributed by atoms with Gasteiger partial charge in [-0.1, -0.05) is 0 Å². The Morgan fingerprint density at radius 1 is 1.50 bits per heavy atom. The highest BCUT2D eigenvalue weighted by Gasteiger charge is 2.43. The van der Waals surface area contributed by atoms with Crippen molar-refractivity contribution < 1.29 is 9.53 Å². The van der Waals surface area contributed by atoms with E-state index in [-0.39, 0.29) is 18.1 Å². The Balaban J connectivity index is 1.80. The monoisotopic (exact) mass is 278 g/mol. The number of ether oxygens (including phenoxy) is 1. The summed E-state index contributed by atoms with van der Waals surface area (Å²) in [7, 11) is 0. The zero-order valence-corrected chi connectivity index (χ0v) is 11.8. The Labute approximate surface area is 118 Å². The summed E-state index contributed by atoms with van der Waals surface area (Å²) in [6.07, 6.45) is 6.14. The molecule has 1 aromatic rings. The van der Waals surface area contributed by atoms with Crippen LogP contribution in [-0.2, 0) is 15.1 Å². The van der Waals surface area contributed by atoms with Gasteiger partial charge < -0.3 is 15.4 Å². The second kappa shape index (κ2) is 5.54. The summed E-state index contributed by atoms with van der Waals surface area (Å²) < 4.78 is 7.35. The predicted octanol–water partition coefficient (Wildman–Crippen LogP) is 0.255. The number of aromatic nitrogens is 2. The number of nitrogens with one attached hydrogen (secondary N) is 2. The van der Waals surface area contributed by atoms with Gasteiger partial charge in [-0.05, 0) is 45.3 Å². The van der Waals surface area contributed by atoms with E-state index in [1.54, 1.807) is 6.20 Å². The standard InChI is InChI=1S/C14H22N4O2/c1-11-12(3-10-20-11)17-13(19)14(4-7-15-8-5-14)18-9-2-6-16-18/h2,6,9,11-12,15H,3-5,7-8,10H2,1H3,(H,17,19). The first-order valence-electron chi connectivity index (χ1n) is 7.36. The Morgan fingerprint density at radius 2 is 2.30 bits per heavy atom. The summed E-state index contributed by atoms with van der Waals surface area (Å²) in [5.74, 6) is 0.0741. The molecule has 2 aliphatic rings. The molecule has 0 aromatic carbocycles. The molecule has 0 aliphatic carbocycles. The maximum absolute atomic E-state index is 12.9. The van der Waals surface area contributed by atoms with Gasteiger partial charge in [-0.2, -0.15) is 5.10 Å². The highest BCUT2D eigenvalue weighted by atomic mass is 16.5. The minimum Gasteiger partial charge on any atom is -0.376 e. The number of piperidine rings is 1. The van der Waals surface area contributed by atoms with Crippen molar-refractivity contribution in [3.05, 3.63) is 18.5 Å². The smallest absolute Gasteiger partial charge is 0.248 e. The Morgan fingerprint density at radius 3 is 2.90 bits per heavy atom. The molecular weight excluding hydrogens is 256 g/mol. The van der Waals surface area contributed by atoms with Crippen molar-refractivity contribution in [3.8, 4) is 0 Å². The second-order valence-electron chi connectivity index (χ2n) is 5.68. The molecule has 3 rings (SSSR count). The lowest BCUT2D eigenvalue weighted by molar-refractivity contribution is -0.133. The molecule has 0 spiro atoms. The largest absolute Gasteiger partial charge is 0.376 e. The molecule has 20 heavy (non-hydrogen) atoms. The molecule has 0 saturated carbocycles. The molecule has 6 nitrogen and oxygen atoms in total. The van der Waals surface area contributed by atoms with E-state index < -0.39 is 5.54 Å². The van der Waals surface area contributed by atoms with Gasteiger partial charge >= 0.3 is 0 Å². The fourth-order valence-corrected chi connectivity index (χ4v) is 3.15. The number of carbonyl (C=O) groups is 1. The van der Waals surface area contributed by atoms with Gasteiger partial charge in [0.1, 0.15) is 5.54 Å². The van der Waals surface area contributed by atoms with Crippen molar-refractivity contribution in [2.45, 2.75) is 43.9 Å². The van der Waals surface area contributed by atoms with Gasteiger partial charge in [0.15, 0.2) is 0 Å². The van der Waals surface area contributed by atoms with Crippen LogP contribution in [-0.4, -0.2) is 47.5 Å². The number of nitrogens with zero attached hydrogens (tertiary/aromatic N) is 2. The molecule has 2 atom stereocenters. The average molecular weight is 278 g/mol. The summed E-state index contributed by atoms with van der Waals surface area (Å²) >= 11 is 0. The van der Waals surface area contributed by atoms with Crippen molar-refractivity contribution in [2.75, 3.05) is 19.7 Å². The normalized spacial score (nSPS) is 29.2. The third-order valence-electron chi connectivity index (χ3n) is 4.49. The van der Waals surface area contributed by atoms with Crippen molar-refractivity contribution in [2.24, 2.45) is 0 Å². The molecular formula is C14H22N4O2. The number of amides is 1. The lowest BCUT2D eigenvalue weighted by Crippen LogP contribution is -2.57. The van der Waals surface area contributed by atoms with E-state index in [9.17, 15) is 4.79 Å². The number of carbonyl (C=O) groups excluding carboxylic acids is 1. The summed E-state index contributed by atoms with van der Waals surface area (Å²) in [5, 5.41) is 10.8. The van der Waals surface area contributed by atoms with Crippen LogP contribution in [0.1, 0.15) is 26.2 Å². The number of hydrogen-bond acceptors (Lipinski definition) is 4. The van der Waals surface area contributed by atoms with Crippen LogP contribution in [0.3, 0.4) is 0 Å². The Bertz CT molecular complexity index is 454. The Kier molecular flexibility index (Phi) is 3.76. The van der Waals surface area contributed by atoms with E-state index in [1.807, 2.05) is 23.9 Å². The summed E-state index contributed by atoms with van der Waals surface area (Å²) in [4.78, 5) is 12.9. The van der Waals surface area contributed by atoms with Crippen LogP contribution < -0.4 is 10.6 Å². The van der Waals surface area contributed by atoms with Crippen LogP contribution >= 0.6 is 0 Å². The molecule has 2 aliphatic heterocycles. The lowest BCUT2D eigenvalue weighted by atomic mass is 9.87. The van der Waals surface area contributed by atoms with Gasteiger partial charge in [0.25, 0.3) is 0 Å². The minimum absolute atomic E-state index is 0.0741. The Hall–Kier alpha value is -1.40. The molecule has 0 radical (unpaired) electrons. The summed E-state index contributed by atoms with van der Waals surface area (Å²) in [6, 6.07) is 1.99. The van der Waals surface area contributed by atoms with E-state index in [1.165, 1.54) is 0 Å². The zero-order valence-electron chi connectivity index (χ0n) is 11.8. The van der Waals surface area contributed by atoms with Crippen LogP contribution in [0.2, 0.25) is 0 Å². The molecule has 2 saturated heterocycles. The molecule has 3 heterocycles. The van der Waals surface area contributed by atoms with E-state index in [0.717, 1.165) is 39.0 Å². The third-order valence-corrected chi connectivity index (χ3v) is 4.49. The fraction of sp³-hybridized carbons (Fsp3) is 0.714. The first-order valence-corrected chi connectivity index (χ1v) is 7.36. The third kappa shape index (κ3) is 2.33. The van der Waals surface area contributed by atoms with Crippen molar-refractivity contribution >= 4 is 5.91 Å². The van der Waals surface area contributed by atoms with E-state index in [2.05, 4.69) is 15.7 Å². The SMILES string of the molecule is CC1OCCC1NC(=O)C1(n2cccn2)CCNCC1. The van der Waals surface area contributed by atoms with Gasteiger partial charge in [-0.15, -0.1) is 0 Å². The summed E-state index contributed by atoms with van der Waals surface area (Å²) in [5.41, 5.74) is -0.558. The molecule has 6 heteroatoms. The molecule has 1 aromatic heterocycles. The first kappa shape index (κ1) is 13.6. The van der Waals surface area contributed by atoms with Gasteiger partial charge in [0, 0.05) is 19.0 Å². The maximum atomic E-state index is 12.9. The highest BCUT2D eigenvalue weighted by Crippen LogP contribution is 2.28. The topological polar surface area (TPSA) is 68.2 Å². The van der Waals surface area contributed by atoms with Gasteiger partial charge in [0.2, 0.25) is 5.91 Å². The first-order chi connectivity index (χ1) is 9.72. The fourth-order valence-electron chi connectivity index (χ4n) is 3.15. The van der Waals surface area contributed by atoms with E-state index in [4.69, 9.17) is 4.74 Å². The van der Waals surface area contributed by atoms with E-state index in [0.29, 0.717) is 0 Å². The minimum atomic E-state index is -0.558. The lowest BCUT2D eigenvalue weighted by Gasteiger charge is -2.37. The number of hydrogen-bond donors (Lipinski definition) is 2. The maximum Gasteiger partial charge on any atom is 0.248 e. The van der Waals surface area contributed by atoms with Gasteiger partial charge in [-0.25, -0.2) is 0 Å². The zero-order chi connectivity index (χ0) is 14.0. The number of rotatable bonds is 3. The van der Waals surface area contributed by atoms with Crippen LogP contribution in [0.25, 0.3) is 0 Å². The molecule has 110 valence electrons. The van der Waals surface area contributed by atoms with Crippen molar-refractivity contribution in [1.82, 2.24) is 20.4 Å². The van der Waals surface area contributed by atoms with Gasteiger partial charge in [0.05, 0.1) is 12.1 Å². The van der Waals surface area contributed by atoms with Crippen molar-refractivity contribution in [3.63, 3.8) is 0 Å². The van der Waals surface area contributed by atoms with E-state index >= 15 is 0 Å². The van der Waals surface area contributed by atoms with Gasteiger partial charge in [-0.3, -0.25) is 9.48 Å². The quantitative estimate of drug-likeness (QED) is 0.832. The second-order valence-corrected chi connectivity index (χ2v) is 5.68. The van der Waals surface area contributed by atoms with Crippen LogP contribution in [0.4, 0.5) is 0 Å². The van der Waals surface area contributed by atoms with Crippen molar-refractivity contribution in [1.29, 1.82) is 0 Å². The van der Waals surface area contributed by atoms with Crippen LogP contribution in [0.5, 0.6) is 0 Å². The molecule has 0 bridgehead atoms. The predicted molar refractivity (Wildman–Crippen MR) is 74.3 cm³/mol. The summed E-state index contributed by atoms with van der Waals surface area (Å²) in [6.45, 7) is 4.41. The molecule has 2 N–H and O–H groups in total. The average Bonchev–Trinajstić information content (AvgIpc) is 3.12.